The van der Waals surface area contributed by atoms with Gasteiger partial charge in [0.05, 0.1) is 36.1 Å². The van der Waals surface area contributed by atoms with Crippen molar-refractivity contribution in [2.75, 3.05) is 20.3 Å². The van der Waals surface area contributed by atoms with Gasteiger partial charge in [0.2, 0.25) is 27.7 Å². The number of alkyl carbamates (subject to hydrolysis) is 1. The first kappa shape index (κ1) is 44.8. The van der Waals surface area contributed by atoms with Crippen LogP contribution < -0.4 is 24.8 Å². The van der Waals surface area contributed by atoms with Gasteiger partial charge in [-0.3, -0.25) is 23.5 Å². The number of carbonyl (C=O) groups excluding carboxylic acids is 4. The molecule has 61 heavy (non-hydrogen) atoms. The summed E-state index contributed by atoms with van der Waals surface area (Å²) in [6, 6.07) is 3.04. The average molecular weight is 871 g/mol. The number of nitrogens with one attached hydrogen (secondary N) is 3. The summed E-state index contributed by atoms with van der Waals surface area (Å²) < 4.78 is 59.9. The van der Waals surface area contributed by atoms with Crippen LogP contribution in [0.15, 0.2) is 18.2 Å². The number of fused-ring (bicyclic) bond motifs is 5. The Hall–Kier alpha value is -4.28. The van der Waals surface area contributed by atoms with Gasteiger partial charge >= 0.3 is 6.09 Å². The van der Waals surface area contributed by atoms with Gasteiger partial charge < -0.3 is 29.7 Å². The molecule has 15 nitrogen and oxygen atoms in total. The van der Waals surface area contributed by atoms with E-state index in [0.29, 0.717) is 54.6 Å². The fourth-order valence-electron chi connectivity index (χ4n) is 9.83. The van der Waals surface area contributed by atoms with Crippen molar-refractivity contribution >= 4 is 44.9 Å². The van der Waals surface area contributed by atoms with E-state index in [9.17, 15) is 27.2 Å². The normalized spacial score (nSPS) is 31.6. The topological polar surface area (TPSA) is 195 Å². The summed E-state index contributed by atoms with van der Waals surface area (Å²) in [4.78, 5) is 69.2. The van der Waals surface area contributed by atoms with E-state index in [-0.39, 0.29) is 31.2 Å². The summed E-state index contributed by atoms with van der Waals surface area (Å²) in [5.74, 6) is -2.53. The lowest BCUT2D eigenvalue weighted by atomic mass is 9.85. The summed E-state index contributed by atoms with van der Waals surface area (Å²) in [5, 5.41) is 5.73. The number of halogens is 1. The third-order valence-electron chi connectivity index (χ3n) is 14.2. The van der Waals surface area contributed by atoms with E-state index >= 15 is 4.79 Å². The number of hydrogen-bond donors (Lipinski definition) is 3. The van der Waals surface area contributed by atoms with Gasteiger partial charge in [0, 0.05) is 12.0 Å². The maximum atomic E-state index is 15.1. The fourth-order valence-corrected chi connectivity index (χ4v) is 11.1. The quantitative estimate of drug-likeness (QED) is 0.281. The monoisotopic (exact) mass is 870 g/mol. The summed E-state index contributed by atoms with van der Waals surface area (Å²) in [6.07, 6.45) is 6.12. The highest BCUT2D eigenvalue weighted by Gasteiger charge is 2.64. The van der Waals surface area contributed by atoms with Crippen molar-refractivity contribution < 1.29 is 46.2 Å². The number of benzene rings is 1. The second-order valence-corrected chi connectivity index (χ2v) is 21.7. The highest BCUT2D eigenvalue weighted by atomic mass is 32.2. The summed E-state index contributed by atoms with van der Waals surface area (Å²) in [7, 11) is -2.53. The van der Waals surface area contributed by atoms with E-state index < -0.39 is 91.8 Å². The fraction of sp³-hybridized carbons (Fsp3) is 0.727. The maximum Gasteiger partial charge on any atom is 0.408 e. The Morgan fingerprint density at radius 2 is 1.79 bits per heavy atom. The second kappa shape index (κ2) is 16.8. The molecule has 0 radical (unpaired) electrons. The molecule has 0 spiro atoms. The van der Waals surface area contributed by atoms with Gasteiger partial charge in [-0.1, -0.05) is 40.5 Å². The first-order valence-corrected chi connectivity index (χ1v) is 23.5. The molecule has 0 unspecified atom stereocenters. The number of alkyl halides is 1. The van der Waals surface area contributed by atoms with Gasteiger partial charge in [-0.05, 0) is 114 Å². The van der Waals surface area contributed by atoms with E-state index in [1.165, 1.54) is 4.90 Å². The number of carbonyl (C=O) groups is 4. The smallest absolute Gasteiger partial charge is 0.408 e. The Morgan fingerprint density at radius 1 is 1.05 bits per heavy atom. The number of sulfonamides is 1. The number of methoxy groups -OCH3 is 1. The molecule has 3 heterocycles. The zero-order valence-electron chi connectivity index (χ0n) is 36.6. The molecule has 17 heteroatoms. The molecule has 1 saturated heterocycles. The summed E-state index contributed by atoms with van der Waals surface area (Å²) in [5.41, 5.74) is -1.45. The molecule has 3 N–H and O–H groups in total. The van der Waals surface area contributed by atoms with Gasteiger partial charge in [-0.15, -0.1) is 0 Å². The lowest BCUT2D eigenvalue weighted by Crippen LogP contribution is -2.61. The van der Waals surface area contributed by atoms with Gasteiger partial charge in [0.15, 0.2) is 0 Å². The molecule has 2 bridgehead atoms. The minimum atomic E-state index is -4.09. The van der Waals surface area contributed by atoms with Crippen molar-refractivity contribution in [1.82, 2.24) is 30.2 Å². The molecule has 2 aliphatic heterocycles. The van der Waals surface area contributed by atoms with Crippen molar-refractivity contribution in [3.8, 4) is 11.6 Å². The molecule has 4 fully saturated rings. The molecule has 1 aromatic heterocycles. The van der Waals surface area contributed by atoms with Crippen LogP contribution in [0.3, 0.4) is 0 Å². The Kier molecular flexibility index (Phi) is 12.3. The number of nitrogens with zero attached hydrogens (tertiary/aromatic N) is 3. The van der Waals surface area contributed by atoms with Crippen LogP contribution in [-0.4, -0.2) is 102 Å². The molecule has 7 rings (SSSR count). The third-order valence-corrected chi connectivity index (χ3v) is 16.3. The van der Waals surface area contributed by atoms with Crippen LogP contribution in [-0.2, 0) is 35.6 Å². The number of aryl methyl sites for hydroxylation is 1. The minimum absolute atomic E-state index is 0.0232. The van der Waals surface area contributed by atoms with Crippen LogP contribution in [0.2, 0.25) is 0 Å². The molecule has 2 aromatic rings. The van der Waals surface area contributed by atoms with Crippen molar-refractivity contribution in [1.29, 1.82) is 0 Å². The SMILES string of the molecule is CC[C@@H]1[C@@H]2CN(C(=O)[C@H](C(C)(C)C)NC(=O)O[C@]3(C)CCC[C@H]3CCCCCc3nc4ccc(OC)cc4nc3O2)[C@@H]1C(=O)N[C@]1(C(=O)NS(=O)(=O)C2(C)CC2)C[C@H]1CCF. The lowest BCUT2D eigenvalue weighted by molar-refractivity contribution is -0.144. The molecule has 5 aliphatic rings. The van der Waals surface area contributed by atoms with Crippen LogP contribution in [0.5, 0.6) is 11.6 Å². The standard InChI is InChI=1S/C44H63FN6O9S/c1-8-29-33-25-51(34(29)36(52)49-44(24-27(44)18-22-45)39(54)50-61(56,57)42(5)20-21-42)38(53)35(41(2,3)4)48-40(55)60-43(6)19-12-14-26(43)13-10-9-11-15-31-37(59-33)47-32-23-28(58-7)16-17-30(32)46-31/h16-17,23,26-27,29,33-35H,8-15,18-22,24-25H2,1-7H3,(H,48,55)(H,49,52)(H,50,54)/t26-,27-,29-,33+,34+,35-,43-,44-/m1/s1. The van der Waals surface area contributed by atoms with Gasteiger partial charge in [0.1, 0.15) is 40.8 Å². The van der Waals surface area contributed by atoms with Crippen LogP contribution in [0.1, 0.15) is 124 Å². The first-order valence-electron chi connectivity index (χ1n) is 22.0. The van der Waals surface area contributed by atoms with Crippen LogP contribution >= 0.6 is 0 Å². The van der Waals surface area contributed by atoms with Gasteiger partial charge in [-0.2, -0.15) is 0 Å². The Bertz CT molecular complexity index is 2150. The van der Waals surface area contributed by atoms with Crippen LogP contribution in [0.25, 0.3) is 11.0 Å². The average Bonchev–Trinajstić information content (AvgIpc) is 4.04. The number of rotatable bonds is 9. The van der Waals surface area contributed by atoms with Crippen molar-refractivity contribution in [3.63, 3.8) is 0 Å². The minimum Gasteiger partial charge on any atom is -0.497 e. The molecular weight excluding hydrogens is 808 g/mol. The summed E-state index contributed by atoms with van der Waals surface area (Å²) >= 11 is 0. The maximum absolute atomic E-state index is 15.1. The van der Waals surface area contributed by atoms with E-state index in [1.807, 2.05) is 46.8 Å². The van der Waals surface area contributed by atoms with Crippen molar-refractivity contribution in [2.45, 2.75) is 159 Å². The second-order valence-electron chi connectivity index (χ2n) is 19.6. The first-order chi connectivity index (χ1) is 28.8. The van der Waals surface area contributed by atoms with Crippen molar-refractivity contribution in [3.05, 3.63) is 23.9 Å². The number of ether oxygens (including phenoxy) is 3. The zero-order valence-corrected chi connectivity index (χ0v) is 37.4. The highest BCUT2D eigenvalue weighted by Crippen LogP contribution is 2.49. The number of hydrogen-bond acceptors (Lipinski definition) is 11. The molecule has 8 atom stereocenters. The van der Waals surface area contributed by atoms with Gasteiger partial charge in [-0.25, -0.2) is 23.2 Å². The molecule has 3 aliphatic carbocycles. The Morgan fingerprint density at radius 3 is 2.46 bits per heavy atom. The Balaban J connectivity index is 1.28. The molecule has 1 aromatic carbocycles. The van der Waals surface area contributed by atoms with Gasteiger partial charge in [0.25, 0.3) is 5.91 Å². The van der Waals surface area contributed by atoms with Crippen molar-refractivity contribution in [2.24, 2.45) is 23.2 Å². The molecule has 336 valence electrons. The largest absolute Gasteiger partial charge is 0.497 e. The van der Waals surface area contributed by atoms with E-state index in [0.717, 1.165) is 38.5 Å². The molecule has 3 saturated carbocycles. The van der Waals surface area contributed by atoms with E-state index in [2.05, 4.69) is 15.4 Å². The predicted molar refractivity (Wildman–Crippen MR) is 225 cm³/mol. The van der Waals surface area contributed by atoms with E-state index in [1.54, 1.807) is 20.1 Å². The number of aromatic nitrogens is 2. The molecule has 4 amide bonds. The third kappa shape index (κ3) is 8.86. The Labute approximate surface area is 358 Å². The zero-order chi connectivity index (χ0) is 44.1. The van der Waals surface area contributed by atoms with E-state index in [4.69, 9.17) is 24.2 Å². The highest BCUT2D eigenvalue weighted by molar-refractivity contribution is 7.91. The number of amides is 4. The van der Waals surface area contributed by atoms with Crippen LogP contribution in [0, 0.1) is 23.2 Å². The summed E-state index contributed by atoms with van der Waals surface area (Å²) in [6.45, 7) is 9.96. The predicted octanol–water partition coefficient (Wildman–Crippen LogP) is 5.67. The van der Waals surface area contributed by atoms with Crippen LogP contribution in [0.4, 0.5) is 9.18 Å². The lowest BCUT2D eigenvalue weighted by Gasteiger charge is -2.37. The molecular formula is C44H63FN6O9S.